The van der Waals surface area contributed by atoms with Gasteiger partial charge in [-0.1, -0.05) is 54.9 Å². The van der Waals surface area contributed by atoms with Gasteiger partial charge in [0.25, 0.3) is 0 Å². The number of aromatic nitrogens is 1. The Hall–Kier alpha value is -2.83. The molecule has 0 radical (unpaired) electrons. The second-order valence-electron chi connectivity index (χ2n) is 6.32. The van der Waals surface area contributed by atoms with Crippen molar-refractivity contribution in [2.75, 3.05) is 5.43 Å². The van der Waals surface area contributed by atoms with Crippen LogP contribution < -0.4 is 5.43 Å². The van der Waals surface area contributed by atoms with E-state index in [0.29, 0.717) is 33.4 Å². The van der Waals surface area contributed by atoms with Gasteiger partial charge in [0.05, 0.1) is 11.4 Å². The number of thiazole rings is 1. The number of anilines is 1. The lowest BCUT2D eigenvalue weighted by atomic mass is 9.96. The number of nitrogens with one attached hydrogen (secondary N) is 1. The molecule has 4 rings (SSSR count). The molecule has 1 aromatic heterocycles. The molecule has 28 heavy (non-hydrogen) atoms. The van der Waals surface area contributed by atoms with Crippen LogP contribution in [0.4, 0.5) is 5.13 Å². The van der Waals surface area contributed by atoms with Crippen LogP contribution in [-0.2, 0) is 0 Å². The van der Waals surface area contributed by atoms with Crippen molar-refractivity contribution in [1.29, 1.82) is 0 Å². The van der Waals surface area contributed by atoms with E-state index in [-0.39, 0.29) is 11.6 Å². The number of Topliss-reactive ketones (excluding diaryl/α,β-unsaturated/α-hetero) is 2. The molecule has 0 amide bonds. The summed E-state index contributed by atoms with van der Waals surface area (Å²) in [5.41, 5.74) is 6.11. The summed E-state index contributed by atoms with van der Waals surface area (Å²) in [6.45, 7) is 1.88. The highest BCUT2D eigenvalue weighted by Gasteiger charge is 2.41. The average Bonchev–Trinajstić information content (AvgIpc) is 3.28. The fourth-order valence-corrected chi connectivity index (χ4v) is 3.98. The zero-order valence-corrected chi connectivity index (χ0v) is 16.6. The van der Waals surface area contributed by atoms with E-state index in [0.717, 1.165) is 11.3 Å². The normalized spacial score (nSPS) is 14.4. The molecule has 0 spiro atoms. The van der Waals surface area contributed by atoms with Gasteiger partial charge in [0.1, 0.15) is 5.92 Å². The largest absolute Gasteiger partial charge is 0.293 e. The quantitative estimate of drug-likeness (QED) is 0.351. The van der Waals surface area contributed by atoms with Crippen LogP contribution in [0.15, 0.2) is 59.0 Å². The van der Waals surface area contributed by atoms with Crippen LogP contribution in [0.5, 0.6) is 0 Å². The molecule has 1 heterocycles. The van der Waals surface area contributed by atoms with Gasteiger partial charge in [-0.05, 0) is 18.6 Å². The summed E-state index contributed by atoms with van der Waals surface area (Å²) in [6, 6.07) is 14.3. The Labute approximate surface area is 171 Å². The first kappa shape index (κ1) is 18.5. The minimum Gasteiger partial charge on any atom is -0.293 e. The molecule has 140 valence electrons. The van der Waals surface area contributed by atoms with Gasteiger partial charge >= 0.3 is 0 Å². The van der Waals surface area contributed by atoms with Gasteiger partial charge in [-0.15, -0.1) is 11.3 Å². The van der Waals surface area contributed by atoms with E-state index < -0.39 is 5.92 Å². The maximum Gasteiger partial charge on any atom is 0.203 e. The topological polar surface area (TPSA) is 71.4 Å². The number of carbonyl (C=O) groups excluding carboxylic acids is 2. The van der Waals surface area contributed by atoms with Crippen LogP contribution in [0, 0.1) is 5.92 Å². The summed E-state index contributed by atoms with van der Waals surface area (Å²) in [5.74, 6) is -1.24. The minimum atomic E-state index is -0.856. The molecule has 2 aromatic carbocycles. The van der Waals surface area contributed by atoms with Gasteiger partial charge in [0.15, 0.2) is 11.6 Å². The Kier molecular flexibility index (Phi) is 5.07. The highest BCUT2D eigenvalue weighted by Crippen LogP contribution is 2.29. The van der Waals surface area contributed by atoms with Crippen molar-refractivity contribution >= 4 is 45.3 Å². The number of carbonyl (C=O) groups is 2. The smallest absolute Gasteiger partial charge is 0.203 e. The molecular weight excluding hydrogens is 394 g/mol. The van der Waals surface area contributed by atoms with Crippen LogP contribution in [0.2, 0.25) is 5.02 Å². The fourth-order valence-electron chi connectivity index (χ4n) is 3.19. The maximum atomic E-state index is 12.7. The van der Waals surface area contributed by atoms with E-state index in [1.807, 2.05) is 36.6 Å². The van der Waals surface area contributed by atoms with Crippen LogP contribution in [-0.4, -0.2) is 22.3 Å². The van der Waals surface area contributed by atoms with E-state index >= 15 is 0 Å². The van der Waals surface area contributed by atoms with Gasteiger partial charge in [-0.25, -0.2) is 4.98 Å². The molecule has 1 aliphatic carbocycles. The summed E-state index contributed by atoms with van der Waals surface area (Å²) in [4.78, 5) is 29.9. The Bertz CT molecular complexity index is 1050. The lowest BCUT2D eigenvalue weighted by molar-refractivity contribution is 0.0882. The lowest BCUT2D eigenvalue weighted by Crippen LogP contribution is -2.26. The van der Waals surface area contributed by atoms with Crippen molar-refractivity contribution in [3.63, 3.8) is 0 Å². The highest BCUT2D eigenvalue weighted by atomic mass is 35.5. The van der Waals surface area contributed by atoms with Crippen LogP contribution in [0.1, 0.15) is 34.1 Å². The first-order valence-electron chi connectivity index (χ1n) is 8.80. The summed E-state index contributed by atoms with van der Waals surface area (Å²) < 4.78 is 0. The second-order valence-corrected chi connectivity index (χ2v) is 7.61. The number of ketones is 2. The SMILES string of the molecule is CC/C(=N\Nc1nc(-c2ccc(Cl)cc2)cs1)C1C(=O)c2ccccc2C1=O. The first-order chi connectivity index (χ1) is 13.6. The standard InChI is InChI=1S/C21H16ClN3O2S/c1-2-16(18-19(26)14-5-3-4-6-15(14)20(18)27)24-25-21-23-17(11-28-21)12-7-9-13(22)10-8-12/h3-11,18H,2H2,1H3,(H,23,25)/b24-16+. The zero-order chi connectivity index (χ0) is 19.7. The van der Waals surface area contributed by atoms with Gasteiger partial charge in [0, 0.05) is 27.1 Å². The van der Waals surface area contributed by atoms with Crippen LogP contribution in [0.25, 0.3) is 11.3 Å². The lowest BCUT2D eigenvalue weighted by Gasteiger charge is -2.09. The molecule has 0 aliphatic heterocycles. The number of hydrogen-bond acceptors (Lipinski definition) is 6. The van der Waals surface area contributed by atoms with Crippen molar-refractivity contribution in [2.24, 2.45) is 11.0 Å². The monoisotopic (exact) mass is 409 g/mol. The number of nitrogens with zero attached hydrogens (tertiary/aromatic N) is 2. The molecule has 0 saturated heterocycles. The van der Waals surface area contributed by atoms with Gasteiger partial charge < -0.3 is 0 Å². The molecule has 0 bridgehead atoms. The average molecular weight is 410 g/mol. The molecule has 0 fully saturated rings. The third-order valence-electron chi connectivity index (χ3n) is 4.62. The molecule has 0 saturated carbocycles. The number of fused-ring (bicyclic) bond motifs is 1. The Balaban J connectivity index is 1.55. The van der Waals surface area contributed by atoms with Crippen LogP contribution in [0.3, 0.4) is 0 Å². The van der Waals surface area contributed by atoms with Crippen LogP contribution >= 0.6 is 22.9 Å². The Morgan fingerprint density at radius 2 is 1.75 bits per heavy atom. The van der Waals surface area contributed by atoms with E-state index in [9.17, 15) is 9.59 Å². The number of halogens is 1. The number of rotatable bonds is 5. The molecule has 3 aromatic rings. The number of benzene rings is 2. The second kappa shape index (κ2) is 7.66. The van der Waals surface area contributed by atoms with Crippen molar-refractivity contribution in [1.82, 2.24) is 4.98 Å². The number of hydrazone groups is 1. The third-order valence-corrected chi connectivity index (χ3v) is 5.62. The van der Waals surface area contributed by atoms with E-state index in [2.05, 4.69) is 15.5 Å². The van der Waals surface area contributed by atoms with E-state index in [1.165, 1.54) is 11.3 Å². The zero-order valence-electron chi connectivity index (χ0n) is 15.0. The molecular formula is C21H16ClN3O2S. The van der Waals surface area contributed by atoms with Crippen molar-refractivity contribution in [3.8, 4) is 11.3 Å². The predicted molar refractivity (Wildman–Crippen MR) is 113 cm³/mol. The van der Waals surface area contributed by atoms with Gasteiger partial charge in [-0.2, -0.15) is 5.10 Å². The molecule has 1 aliphatic rings. The van der Waals surface area contributed by atoms with E-state index in [1.54, 1.807) is 24.3 Å². The summed E-state index contributed by atoms with van der Waals surface area (Å²) >= 11 is 7.32. The van der Waals surface area contributed by atoms with Crippen molar-refractivity contribution in [2.45, 2.75) is 13.3 Å². The molecule has 1 N–H and O–H groups in total. The minimum absolute atomic E-state index is 0.191. The van der Waals surface area contributed by atoms with Gasteiger partial charge in [0.2, 0.25) is 5.13 Å². The maximum absolute atomic E-state index is 12.7. The van der Waals surface area contributed by atoms with Gasteiger partial charge in [-0.3, -0.25) is 15.0 Å². The van der Waals surface area contributed by atoms with Crippen molar-refractivity contribution in [3.05, 3.63) is 70.1 Å². The van der Waals surface area contributed by atoms with Crippen molar-refractivity contribution < 1.29 is 9.59 Å². The third kappa shape index (κ3) is 3.37. The van der Waals surface area contributed by atoms with E-state index in [4.69, 9.17) is 11.6 Å². The fraction of sp³-hybridized carbons (Fsp3) is 0.143. The number of hydrogen-bond donors (Lipinski definition) is 1. The predicted octanol–water partition coefficient (Wildman–Crippen LogP) is 5.34. The highest BCUT2D eigenvalue weighted by molar-refractivity contribution is 7.14. The summed E-state index contributed by atoms with van der Waals surface area (Å²) in [6.07, 6.45) is 0.485. The molecule has 5 nitrogen and oxygen atoms in total. The molecule has 7 heteroatoms. The summed E-state index contributed by atoms with van der Waals surface area (Å²) in [7, 11) is 0. The molecule has 0 unspecified atom stereocenters. The molecule has 0 atom stereocenters. The Morgan fingerprint density at radius 3 is 2.36 bits per heavy atom. The Morgan fingerprint density at radius 1 is 1.11 bits per heavy atom. The first-order valence-corrected chi connectivity index (χ1v) is 10.1. The summed E-state index contributed by atoms with van der Waals surface area (Å²) in [5, 5.41) is 7.52.